The third-order valence-electron chi connectivity index (χ3n) is 2.63. The van der Waals surface area contributed by atoms with Gasteiger partial charge in [0.1, 0.15) is 0 Å². The molecule has 2 unspecified atom stereocenters. The molecule has 1 N–H and O–H groups in total. The van der Waals surface area contributed by atoms with Crippen molar-refractivity contribution in [2.75, 3.05) is 5.32 Å². The number of nitrogens with one attached hydrogen (secondary N) is 1. The molecule has 1 heterocycles. The minimum Gasteiger partial charge on any atom is -0.364 e. The van der Waals surface area contributed by atoms with Crippen molar-refractivity contribution < 1.29 is 0 Å². The first-order valence-electron chi connectivity index (χ1n) is 4.52. The number of nitrogens with zero attached hydrogens (tertiary/aromatic N) is 2. The topological polar surface area (TPSA) is 37.8 Å². The largest absolute Gasteiger partial charge is 0.364 e. The fourth-order valence-corrected chi connectivity index (χ4v) is 2.46. The van der Waals surface area contributed by atoms with Crippen LogP contribution in [0.4, 0.5) is 5.82 Å². The third kappa shape index (κ3) is 1.94. The molecule has 1 aliphatic rings. The van der Waals surface area contributed by atoms with Gasteiger partial charge in [-0.2, -0.15) is 8.75 Å². The molecule has 72 valence electrons. The fourth-order valence-electron chi connectivity index (χ4n) is 1.80. The van der Waals surface area contributed by atoms with Crippen LogP contribution >= 0.6 is 23.3 Å². The first-order chi connectivity index (χ1) is 6.27. The second-order valence-corrected chi connectivity index (χ2v) is 4.45. The predicted molar refractivity (Wildman–Crippen MR) is 55.3 cm³/mol. The van der Waals surface area contributed by atoms with E-state index >= 15 is 0 Å². The molecule has 1 aliphatic carbocycles. The SMILES string of the molecule is CC1CCCC1Nc1nsnc1Cl. The second kappa shape index (κ2) is 3.80. The first kappa shape index (κ1) is 9.21. The van der Waals surface area contributed by atoms with Gasteiger partial charge in [-0.15, -0.1) is 0 Å². The van der Waals surface area contributed by atoms with Crippen LogP contribution in [-0.4, -0.2) is 14.8 Å². The maximum atomic E-state index is 5.84. The van der Waals surface area contributed by atoms with Crippen molar-refractivity contribution in [2.45, 2.75) is 32.2 Å². The van der Waals surface area contributed by atoms with E-state index in [9.17, 15) is 0 Å². The summed E-state index contributed by atoms with van der Waals surface area (Å²) in [5, 5.41) is 3.85. The van der Waals surface area contributed by atoms with Gasteiger partial charge in [-0.3, -0.25) is 0 Å². The molecule has 13 heavy (non-hydrogen) atoms. The molecule has 1 saturated carbocycles. The summed E-state index contributed by atoms with van der Waals surface area (Å²) >= 11 is 7.00. The third-order valence-corrected chi connectivity index (χ3v) is 3.52. The van der Waals surface area contributed by atoms with E-state index in [-0.39, 0.29) is 0 Å². The Balaban J connectivity index is 2.01. The normalized spacial score (nSPS) is 27.8. The van der Waals surface area contributed by atoms with Gasteiger partial charge in [0.15, 0.2) is 11.0 Å². The van der Waals surface area contributed by atoms with Crippen molar-refractivity contribution in [2.24, 2.45) is 5.92 Å². The molecule has 0 saturated heterocycles. The first-order valence-corrected chi connectivity index (χ1v) is 5.63. The Hall–Kier alpha value is -0.350. The zero-order chi connectivity index (χ0) is 9.26. The lowest BCUT2D eigenvalue weighted by atomic mass is 10.1. The highest BCUT2D eigenvalue weighted by molar-refractivity contribution is 6.99. The highest BCUT2D eigenvalue weighted by atomic mass is 35.5. The molecule has 0 aliphatic heterocycles. The summed E-state index contributed by atoms with van der Waals surface area (Å²) in [5.74, 6) is 1.48. The molecule has 1 aromatic rings. The average Bonchev–Trinajstić information content (AvgIpc) is 2.65. The van der Waals surface area contributed by atoms with Gasteiger partial charge >= 0.3 is 0 Å². The van der Waals surface area contributed by atoms with Crippen LogP contribution < -0.4 is 5.32 Å². The molecule has 0 bridgehead atoms. The summed E-state index contributed by atoms with van der Waals surface area (Å²) in [4.78, 5) is 0. The van der Waals surface area contributed by atoms with Crippen LogP contribution in [0, 0.1) is 5.92 Å². The molecular weight excluding hydrogens is 206 g/mol. The van der Waals surface area contributed by atoms with Gasteiger partial charge in [-0.05, 0) is 18.8 Å². The summed E-state index contributed by atoms with van der Waals surface area (Å²) in [6.45, 7) is 2.26. The molecule has 0 radical (unpaired) electrons. The lowest BCUT2D eigenvalue weighted by Crippen LogP contribution is -2.22. The van der Waals surface area contributed by atoms with Gasteiger partial charge in [0, 0.05) is 6.04 Å². The Morgan fingerprint density at radius 3 is 2.85 bits per heavy atom. The van der Waals surface area contributed by atoms with Crippen LogP contribution in [0.5, 0.6) is 0 Å². The van der Waals surface area contributed by atoms with Gasteiger partial charge in [-0.25, -0.2) is 0 Å². The summed E-state index contributed by atoms with van der Waals surface area (Å²) in [6, 6.07) is 0.529. The Bertz CT molecular complexity index is 289. The van der Waals surface area contributed by atoms with Gasteiger partial charge < -0.3 is 5.32 Å². The van der Waals surface area contributed by atoms with Crippen LogP contribution in [0.1, 0.15) is 26.2 Å². The number of aromatic nitrogens is 2. The highest BCUT2D eigenvalue weighted by Crippen LogP contribution is 2.29. The number of hydrogen-bond acceptors (Lipinski definition) is 4. The van der Waals surface area contributed by atoms with Crippen molar-refractivity contribution in [1.29, 1.82) is 0 Å². The summed E-state index contributed by atoms with van der Waals surface area (Å²) < 4.78 is 8.02. The van der Waals surface area contributed by atoms with E-state index in [4.69, 9.17) is 11.6 Å². The molecule has 5 heteroatoms. The zero-order valence-corrected chi connectivity index (χ0v) is 9.03. The van der Waals surface area contributed by atoms with Gasteiger partial charge in [0.05, 0.1) is 11.7 Å². The van der Waals surface area contributed by atoms with E-state index in [1.165, 1.54) is 19.3 Å². The van der Waals surface area contributed by atoms with Crippen LogP contribution in [-0.2, 0) is 0 Å². The van der Waals surface area contributed by atoms with Crippen LogP contribution in [0.3, 0.4) is 0 Å². The van der Waals surface area contributed by atoms with E-state index in [1.807, 2.05) is 0 Å². The molecule has 1 fully saturated rings. The van der Waals surface area contributed by atoms with Crippen molar-refractivity contribution in [3.8, 4) is 0 Å². The molecule has 0 aromatic carbocycles. The number of anilines is 1. The molecule has 0 amide bonds. The lowest BCUT2D eigenvalue weighted by Gasteiger charge is -2.16. The summed E-state index contributed by atoms with van der Waals surface area (Å²) in [5.41, 5.74) is 0. The molecule has 2 atom stereocenters. The maximum Gasteiger partial charge on any atom is 0.186 e. The minimum absolute atomic E-state index is 0.504. The van der Waals surface area contributed by atoms with E-state index in [0.717, 1.165) is 23.5 Å². The quantitative estimate of drug-likeness (QED) is 0.828. The van der Waals surface area contributed by atoms with E-state index < -0.39 is 0 Å². The predicted octanol–water partition coefficient (Wildman–Crippen LogP) is 2.79. The average molecular weight is 218 g/mol. The lowest BCUT2D eigenvalue weighted by molar-refractivity contribution is 0.555. The fraction of sp³-hybridized carbons (Fsp3) is 0.750. The Labute approximate surface area is 86.8 Å². The number of halogens is 1. The maximum absolute atomic E-state index is 5.84. The highest BCUT2D eigenvalue weighted by Gasteiger charge is 2.24. The van der Waals surface area contributed by atoms with E-state index in [2.05, 4.69) is 21.0 Å². The second-order valence-electron chi connectivity index (χ2n) is 3.56. The Morgan fingerprint density at radius 1 is 1.46 bits per heavy atom. The van der Waals surface area contributed by atoms with E-state index in [1.54, 1.807) is 0 Å². The van der Waals surface area contributed by atoms with Crippen molar-refractivity contribution in [3.05, 3.63) is 5.15 Å². The van der Waals surface area contributed by atoms with E-state index in [0.29, 0.717) is 11.2 Å². The molecule has 2 rings (SSSR count). The Kier molecular flexibility index (Phi) is 2.69. The van der Waals surface area contributed by atoms with Gasteiger partial charge in [0.2, 0.25) is 0 Å². The van der Waals surface area contributed by atoms with Gasteiger partial charge in [0.25, 0.3) is 0 Å². The minimum atomic E-state index is 0.504. The molecule has 0 spiro atoms. The smallest absolute Gasteiger partial charge is 0.186 e. The molecular formula is C8H12ClN3S. The molecule has 3 nitrogen and oxygen atoms in total. The van der Waals surface area contributed by atoms with Crippen molar-refractivity contribution in [1.82, 2.24) is 8.75 Å². The Morgan fingerprint density at radius 2 is 2.31 bits per heavy atom. The van der Waals surface area contributed by atoms with Gasteiger partial charge in [-0.1, -0.05) is 24.9 Å². The number of hydrogen-bond donors (Lipinski definition) is 1. The van der Waals surface area contributed by atoms with Crippen LogP contribution in [0.2, 0.25) is 5.15 Å². The van der Waals surface area contributed by atoms with Crippen LogP contribution in [0.15, 0.2) is 0 Å². The summed E-state index contributed by atoms with van der Waals surface area (Å²) in [6.07, 6.45) is 3.82. The van der Waals surface area contributed by atoms with Crippen LogP contribution in [0.25, 0.3) is 0 Å². The summed E-state index contributed by atoms with van der Waals surface area (Å²) in [7, 11) is 0. The monoisotopic (exact) mass is 217 g/mol. The zero-order valence-electron chi connectivity index (χ0n) is 7.46. The van der Waals surface area contributed by atoms with Crippen molar-refractivity contribution in [3.63, 3.8) is 0 Å². The molecule has 1 aromatic heterocycles. The number of rotatable bonds is 2. The standard InChI is InChI=1S/C8H12ClN3S/c1-5-3-2-4-6(5)10-8-7(9)11-13-12-8/h5-6H,2-4H2,1H3,(H,10,12). The van der Waals surface area contributed by atoms with Crippen molar-refractivity contribution >= 4 is 29.1 Å².